The van der Waals surface area contributed by atoms with Crippen molar-refractivity contribution in [1.29, 1.82) is 0 Å². The summed E-state index contributed by atoms with van der Waals surface area (Å²) >= 11 is 2.96. The Morgan fingerprint density at radius 2 is 1.92 bits per heavy atom. The zero-order valence-electron chi connectivity index (χ0n) is 15.2. The van der Waals surface area contributed by atoms with Crippen LogP contribution in [0.1, 0.15) is 34.4 Å². The standard InChI is InChI=1S/C19H21N3O2S2/c1-12(2)22-18(14-6-8-15(24-4)9-7-14)20-21-19(22)25-11-16(23)17-10-5-13(3)26-17/h5-10,12H,11H2,1-4H3. The fourth-order valence-electron chi connectivity index (χ4n) is 2.56. The van der Waals surface area contributed by atoms with E-state index in [1.54, 1.807) is 7.11 Å². The lowest BCUT2D eigenvalue weighted by molar-refractivity contribution is 0.102. The fraction of sp³-hybridized carbons (Fsp3) is 0.316. The van der Waals surface area contributed by atoms with Gasteiger partial charge in [-0.15, -0.1) is 21.5 Å². The Balaban J connectivity index is 1.81. The van der Waals surface area contributed by atoms with Crippen LogP contribution in [-0.2, 0) is 0 Å². The Bertz CT molecular complexity index is 898. The Morgan fingerprint density at radius 1 is 1.19 bits per heavy atom. The van der Waals surface area contributed by atoms with Crippen LogP contribution in [0.5, 0.6) is 5.75 Å². The summed E-state index contributed by atoms with van der Waals surface area (Å²) in [5.41, 5.74) is 0.971. The minimum atomic E-state index is 0.123. The van der Waals surface area contributed by atoms with Gasteiger partial charge in [-0.3, -0.25) is 9.36 Å². The summed E-state index contributed by atoms with van der Waals surface area (Å²) in [6.45, 7) is 6.18. The monoisotopic (exact) mass is 387 g/mol. The largest absolute Gasteiger partial charge is 0.497 e. The van der Waals surface area contributed by atoms with E-state index in [2.05, 4.69) is 28.6 Å². The van der Waals surface area contributed by atoms with Crippen molar-refractivity contribution in [3.8, 4) is 17.1 Å². The van der Waals surface area contributed by atoms with Crippen molar-refractivity contribution in [2.24, 2.45) is 0 Å². The minimum Gasteiger partial charge on any atom is -0.497 e. The molecular formula is C19H21N3O2S2. The maximum absolute atomic E-state index is 12.4. The Morgan fingerprint density at radius 3 is 2.50 bits per heavy atom. The van der Waals surface area contributed by atoms with Crippen LogP contribution < -0.4 is 4.74 Å². The summed E-state index contributed by atoms with van der Waals surface area (Å²) in [7, 11) is 1.65. The lowest BCUT2D eigenvalue weighted by atomic mass is 10.2. The molecule has 136 valence electrons. The van der Waals surface area contributed by atoms with Crippen LogP contribution in [0.4, 0.5) is 0 Å². The highest BCUT2D eigenvalue weighted by atomic mass is 32.2. The van der Waals surface area contributed by atoms with Gasteiger partial charge in [0.15, 0.2) is 16.8 Å². The number of thioether (sulfide) groups is 1. The van der Waals surface area contributed by atoms with E-state index < -0.39 is 0 Å². The first-order chi connectivity index (χ1) is 12.5. The molecule has 0 amide bonds. The van der Waals surface area contributed by atoms with Gasteiger partial charge in [0.2, 0.25) is 0 Å². The molecule has 0 bridgehead atoms. The fourth-order valence-corrected chi connectivity index (χ4v) is 4.41. The number of carbonyl (C=O) groups excluding carboxylic acids is 1. The van der Waals surface area contributed by atoms with E-state index in [1.807, 2.05) is 43.3 Å². The molecule has 0 aliphatic heterocycles. The highest BCUT2D eigenvalue weighted by molar-refractivity contribution is 7.99. The first kappa shape index (κ1) is 18.7. The van der Waals surface area contributed by atoms with Crippen molar-refractivity contribution in [3.63, 3.8) is 0 Å². The van der Waals surface area contributed by atoms with Crippen LogP contribution in [0.3, 0.4) is 0 Å². The zero-order valence-corrected chi connectivity index (χ0v) is 16.9. The number of nitrogens with zero attached hydrogens (tertiary/aromatic N) is 3. The predicted octanol–water partition coefficient (Wildman–Crippen LogP) is 4.88. The number of hydrogen-bond acceptors (Lipinski definition) is 6. The van der Waals surface area contributed by atoms with Crippen LogP contribution in [-0.4, -0.2) is 33.4 Å². The number of hydrogen-bond donors (Lipinski definition) is 0. The summed E-state index contributed by atoms with van der Waals surface area (Å²) in [6.07, 6.45) is 0. The van der Waals surface area contributed by atoms with Crippen molar-refractivity contribution in [3.05, 3.63) is 46.2 Å². The number of Topliss-reactive ketones (excluding diaryl/α,β-unsaturated/α-hetero) is 1. The highest BCUT2D eigenvalue weighted by Gasteiger charge is 2.18. The van der Waals surface area contributed by atoms with Crippen LogP contribution >= 0.6 is 23.1 Å². The third-order valence-corrected chi connectivity index (χ3v) is 5.86. The van der Waals surface area contributed by atoms with E-state index in [4.69, 9.17) is 4.74 Å². The van der Waals surface area contributed by atoms with Crippen LogP contribution in [0.25, 0.3) is 11.4 Å². The van der Waals surface area contributed by atoms with E-state index in [1.165, 1.54) is 23.1 Å². The topological polar surface area (TPSA) is 57.0 Å². The molecule has 0 unspecified atom stereocenters. The van der Waals surface area contributed by atoms with Crippen molar-refractivity contribution in [2.75, 3.05) is 12.9 Å². The third-order valence-electron chi connectivity index (χ3n) is 3.88. The predicted molar refractivity (Wildman–Crippen MR) is 107 cm³/mol. The highest BCUT2D eigenvalue weighted by Crippen LogP contribution is 2.29. The van der Waals surface area contributed by atoms with Gasteiger partial charge in [-0.25, -0.2) is 0 Å². The number of thiophene rings is 1. The molecule has 5 nitrogen and oxygen atoms in total. The molecule has 2 heterocycles. The number of ketones is 1. The summed E-state index contributed by atoms with van der Waals surface area (Å²) in [4.78, 5) is 14.3. The molecule has 0 atom stereocenters. The van der Waals surface area contributed by atoms with Gasteiger partial charge in [0, 0.05) is 16.5 Å². The third kappa shape index (κ3) is 3.99. The average molecular weight is 388 g/mol. The molecule has 0 fully saturated rings. The van der Waals surface area contributed by atoms with Gasteiger partial charge in [0.25, 0.3) is 0 Å². The molecule has 7 heteroatoms. The number of carbonyl (C=O) groups is 1. The van der Waals surface area contributed by atoms with Crippen LogP contribution in [0.2, 0.25) is 0 Å². The number of benzene rings is 1. The SMILES string of the molecule is COc1ccc(-c2nnc(SCC(=O)c3ccc(C)s3)n2C(C)C)cc1. The van der Waals surface area contributed by atoms with Crippen molar-refractivity contribution >= 4 is 28.9 Å². The molecule has 0 aliphatic carbocycles. The number of rotatable bonds is 7. The molecule has 3 rings (SSSR count). The Labute approximate surface area is 161 Å². The molecule has 1 aromatic carbocycles. The molecule has 0 radical (unpaired) electrons. The van der Waals surface area contributed by atoms with Crippen molar-refractivity contribution in [1.82, 2.24) is 14.8 Å². The first-order valence-electron chi connectivity index (χ1n) is 8.31. The van der Waals surface area contributed by atoms with Gasteiger partial charge in [-0.1, -0.05) is 11.8 Å². The van der Waals surface area contributed by atoms with Gasteiger partial charge in [0.1, 0.15) is 5.75 Å². The summed E-state index contributed by atoms with van der Waals surface area (Å²) < 4.78 is 7.28. The number of aryl methyl sites for hydroxylation is 1. The molecule has 0 aliphatic rings. The Hall–Kier alpha value is -2.12. The van der Waals surface area contributed by atoms with E-state index in [9.17, 15) is 4.79 Å². The maximum Gasteiger partial charge on any atom is 0.192 e. The lowest BCUT2D eigenvalue weighted by Crippen LogP contribution is -2.07. The summed E-state index contributed by atoms with van der Waals surface area (Å²) in [5, 5.41) is 9.44. The minimum absolute atomic E-state index is 0.123. The van der Waals surface area contributed by atoms with E-state index >= 15 is 0 Å². The van der Waals surface area contributed by atoms with Gasteiger partial charge in [-0.2, -0.15) is 0 Å². The lowest BCUT2D eigenvalue weighted by Gasteiger charge is -2.13. The van der Waals surface area contributed by atoms with Crippen molar-refractivity contribution < 1.29 is 9.53 Å². The van der Waals surface area contributed by atoms with E-state index in [-0.39, 0.29) is 11.8 Å². The molecule has 0 saturated carbocycles. The van der Waals surface area contributed by atoms with Crippen LogP contribution in [0.15, 0.2) is 41.6 Å². The second-order valence-electron chi connectivity index (χ2n) is 6.12. The molecule has 0 N–H and O–H groups in total. The molecular weight excluding hydrogens is 366 g/mol. The van der Waals surface area contributed by atoms with E-state index in [0.717, 1.165) is 32.0 Å². The van der Waals surface area contributed by atoms with Crippen LogP contribution in [0, 0.1) is 6.92 Å². The second kappa shape index (κ2) is 8.05. The molecule has 2 aromatic heterocycles. The average Bonchev–Trinajstić information content (AvgIpc) is 3.26. The molecule has 3 aromatic rings. The van der Waals surface area contributed by atoms with Gasteiger partial charge >= 0.3 is 0 Å². The maximum atomic E-state index is 12.4. The van der Waals surface area contributed by atoms with Gasteiger partial charge in [-0.05, 0) is 57.2 Å². The second-order valence-corrected chi connectivity index (χ2v) is 8.35. The quantitative estimate of drug-likeness (QED) is 0.427. The normalized spacial score (nSPS) is 11.1. The van der Waals surface area contributed by atoms with Gasteiger partial charge < -0.3 is 4.74 Å². The molecule has 0 spiro atoms. The number of aromatic nitrogens is 3. The van der Waals surface area contributed by atoms with Crippen molar-refractivity contribution in [2.45, 2.75) is 32.0 Å². The number of methoxy groups -OCH3 is 1. The molecule has 0 saturated heterocycles. The summed E-state index contributed by atoms with van der Waals surface area (Å²) in [6, 6.07) is 11.8. The Kier molecular flexibility index (Phi) is 5.78. The molecule has 26 heavy (non-hydrogen) atoms. The smallest absolute Gasteiger partial charge is 0.192 e. The summed E-state index contributed by atoms with van der Waals surface area (Å²) in [5.74, 6) is 2.07. The first-order valence-corrected chi connectivity index (χ1v) is 10.1. The van der Waals surface area contributed by atoms with E-state index in [0.29, 0.717) is 5.75 Å². The number of ether oxygens (including phenoxy) is 1. The van der Waals surface area contributed by atoms with Gasteiger partial charge in [0.05, 0.1) is 17.7 Å². The zero-order chi connectivity index (χ0) is 18.7.